The van der Waals surface area contributed by atoms with Gasteiger partial charge in [0.25, 0.3) is 0 Å². The first-order valence-corrected chi connectivity index (χ1v) is 6.63. The highest BCUT2D eigenvalue weighted by Gasteiger charge is 2.31. The van der Waals surface area contributed by atoms with Gasteiger partial charge in [0.15, 0.2) is 0 Å². The Morgan fingerprint density at radius 3 is 3.00 bits per heavy atom. The molecule has 0 spiro atoms. The van der Waals surface area contributed by atoms with E-state index < -0.39 is 0 Å². The number of nitrogens with zero attached hydrogens (tertiary/aromatic N) is 1. The highest BCUT2D eigenvalue weighted by Crippen LogP contribution is 2.28. The Balaban J connectivity index is 2.11. The van der Waals surface area contributed by atoms with E-state index in [9.17, 15) is 4.79 Å². The lowest BCUT2D eigenvalue weighted by atomic mass is 10.3. The third kappa shape index (κ3) is 2.28. The molecule has 1 aromatic heterocycles. The Kier molecular flexibility index (Phi) is 3.61. The van der Waals surface area contributed by atoms with E-state index in [0.717, 1.165) is 19.4 Å². The van der Waals surface area contributed by atoms with Gasteiger partial charge in [0.2, 0.25) is 5.91 Å². The summed E-state index contributed by atoms with van der Waals surface area (Å²) in [7, 11) is 0. The summed E-state index contributed by atoms with van der Waals surface area (Å²) in [5.74, 6) is 0.226. The molecule has 1 aromatic rings. The van der Waals surface area contributed by atoms with Gasteiger partial charge in [-0.25, -0.2) is 0 Å². The Morgan fingerprint density at radius 1 is 1.56 bits per heavy atom. The Morgan fingerprint density at radius 2 is 2.38 bits per heavy atom. The molecule has 1 aliphatic heterocycles. The number of hydrogen-bond acceptors (Lipinski definition) is 3. The van der Waals surface area contributed by atoms with Gasteiger partial charge in [0.1, 0.15) is 6.17 Å². The summed E-state index contributed by atoms with van der Waals surface area (Å²) >= 11 is 1.77. The zero-order chi connectivity index (χ0) is 11.5. The highest BCUT2D eigenvalue weighted by molar-refractivity contribution is 7.12. The van der Waals surface area contributed by atoms with Crippen molar-refractivity contribution in [3.05, 3.63) is 21.9 Å². The molecule has 88 valence electrons. The van der Waals surface area contributed by atoms with Crippen LogP contribution in [-0.4, -0.2) is 23.9 Å². The van der Waals surface area contributed by atoms with Crippen molar-refractivity contribution in [3.8, 4) is 0 Å². The fourth-order valence-corrected chi connectivity index (χ4v) is 2.94. The maximum atomic E-state index is 11.7. The lowest BCUT2D eigenvalue weighted by Crippen LogP contribution is -2.30. The van der Waals surface area contributed by atoms with Crippen LogP contribution in [-0.2, 0) is 4.79 Å². The van der Waals surface area contributed by atoms with Gasteiger partial charge >= 0.3 is 0 Å². The maximum Gasteiger partial charge on any atom is 0.238 e. The number of amides is 1. The standard InChI is InChI=1S/C12H18N2OS/c1-3-4-7-14-11(15)8-13-12(14)10-6-5-9(2)16-10/h5-6,12-13H,3-4,7-8H2,1-2H3. The molecular weight excluding hydrogens is 220 g/mol. The first-order valence-electron chi connectivity index (χ1n) is 5.81. The second-order valence-corrected chi connectivity index (χ2v) is 5.49. The van der Waals surface area contributed by atoms with E-state index in [2.05, 4.69) is 31.3 Å². The van der Waals surface area contributed by atoms with E-state index in [4.69, 9.17) is 0 Å². The Hall–Kier alpha value is -0.870. The number of thiophene rings is 1. The van der Waals surface area contributed by atoms with Gasteiger partial charge in [-0.15, -0.1) is 11.3 Å². The molecule has 1 fully saturated rings. The molecule has 16 heavy (non-hydrogen) atoms. The molecule has 0 radical (unpaired) electrons. The summed E-state index contributed by atoms with van der Waals surface area (Å²) in [4.78, 5) is 16.3. The van der Waals surface area contributed by atoms with Gasteiger partial charge in [0.05, 0.1) is 6.54 Å². The summed E-state index contributed by atoms with van der Waals surface area (Å²) < 4.78 is 0. The van der Waals surface area contributed by atoms with Crippen LogP contribution in [0, 0.1) is 6.92 Å². The molecule has 3 nitrogen and oxygen atoms in total. The van der Waals surface area contributed by atoms with Crippen LogP contribution in [0.15, 0.2) is 12.1 Å². The van der Waals surface area contributed by atoms with Crippen molar-refractivity contribution < 1.29 is 4.79 Å². The fourth-order valence-electron chi connectivity index (χ4n) is 1.98. The summed E-state index contributed by atoms with van der Waals surface area (Å²) in [6.07, 6.45) is 2.31. The Bertz CT molecular complexity index is 375. The first kappa shape index (κ1) is 11.6. The number of nitrogens with one attached hydrogen (secondary N) is 1. The van der Waals surface area contributed by atoms with Crippen molar-refractivity contribution in [2.75, 3.05) is 13.1 Å². The molecule has 0 bridgehead atoms. The molecule has 1 unspecified atom stereocenters. The van der Waals surface area contributed by atoms with Crippen molar-refractivity contribution in [2.45, 2.75) is 32.9 Å². The maximum absolute atomic E-state index is 11.7. The average Bonchev–Trinajstić information content (AvgIpc) is 2.82. The molecule has 1 aliphatic rings. The van der Waals surface area contributed by atoms with E-state index in [-0.39, 0.29) is 12.1 Å². The van der Waals surface area contributed by atoms with E-state index >= 15 is 0 Å². The van der Waals surface area contributed by atoms with Crippen molar-refractivity contribution in [3.63, 3.8) is 0 Å². The summed E-state index contributed by atoms with van der Waals surface area (Å²) in [5, 5.41) is 3.28. The van der Waals surface area contributed by atoms with E-state index in [1.165, 1.54) is 9.75 Å². The number of rotatable bonds is 4. The van der Waals surface area contributed by atoms with Crippen LogP contribution in [0.4, 0.5) is 0 Å². The molecule has 0 aliphatic carbocycles. The Labute approximate surface area is 100 Å². The van der Waals surface area contributed by atoms with Crippen LogP contribution >= 0.6 is 11.3 Å². The molecule has 1 amide bonds. The van der Waals surface area contributed by atoms with Crippen molar-refractivity contribution in [1.29, 1.82) is 0 Å². The smallest absolute Gasteiger partial charge is 0.238 e. The number of hydrogen-bond donors (Lipinski definition) is 1. The van der Waals surface area contributed by atoms with E-state index in [1.807, 2.05) is 4.90 Å². The van der Waals surface area contributed by atoms with Crippen LogP contribution in [0.1, 0.15) is 35.7 Å². The van der Waals surface area contributed by atoms with Gasteiger partial charge in [-0.2, -0.15) is 0 Å². The second kappa shape index (κ2) is 4.97. The van der Waals surface area contributed by atoms with Crippen LogP contribution in [0.2, 0.25) is 0 Å². The monoisotopic (exact) mass is 238 g/mol. The first-order chi connectivity index (χ1) is 7.72. The van der Waals surface area contributed by atoms with Crippen LogP contribution in [0.5, 0.6) is 0 Å². The zero-order valence-electron chi connectivity index (χ0n) is 9.82. The molecule has 1 saturated heterocycles. The highest BCUT2D eigenvalue weighted by atomic mass is 32.1. The van der Waals surface area contributed by atoms with Gasteiger partial charge < -0.3 is 4.90 Å². The minimum absolute atomic E-state index is 0.109. The van der Waals surface area contributed by atoms with Crippen molar-refractivity contribution in [2.24, 2.45) is 0 Å². The number of unbranched alkanes of at least 4 members (excludes halogenated alkanes) is 1. The molecule has 1 N–H and O–H groups in total. The van der Waals surface area contributed by atoms with E-state index in [1.54, 1.807) is 11.3 Å². The molecular formula is C12H18N2OS. The third-order valence-corrected chi connectivity index (χ3v) is 3.91. The predicted octanol–water partition coefficient (Wildman–Crippen LogP) is 2.29. The van der Waals surface area contributed by atoms with Crippen LogP contribution in [0.3, 0.4) is 0 Å². The minimum Gasteiger partial charge on any atom is -0.321 e. The third-order valence-electron chi connectivity index (χ3n) is 2.86. The molecule has 0 saturated carbocycles. The lowest BCUT2D eigenvalue weighted by Gasteiger charge is -2.23. The summed E-state index contributed by atoms with van der Waals surface area (Å²) in [6.45, 7) is 5.59. The number of carbonyl (C=O) groups is 1. The quantitative estimate of drug-likeness (QED) is 0.873. The largest absolute Gasteiger partial charge is 0.321 e. The van der Waals surface area contributed by atoms with E-state index in [0.29, 0.717) is 6.54 Å². The van der Waals surface area contributed by atoms with Gasteiger partial charge in [-0.1, -0.05) is 13.3 Å². The van der Waals surface area contributed by atoms with Crippen LogP contribution in [0.25, 0.3) is 0 Å². The average molecular weight is 238 g/mol. The molecule has 2 heterocycles. The number of carbonyl (C=O) groups excluding carboxylic acids is 1. The zero-order valence-corrected chi connectivity index (χ0v) is 10.6. The fraction of sp³-hybridized carbons (Fsp3) is 0.583. The summed E-state index contributed by atoms with van der Waals surface area (Å²) in [6, 6.07) is 4.23. The second-order valence-electron chi connectivity index (χ2n) is 4.17. The topological polar surface area (TPSA) is 32.3 Å². The summed E-state index contributed by atoms with van der Waals surface area (Å²) in [5.41, 5.74) is 0. The minimum atomic E-state index is 0.109. The normalized spacial score (nSPS) is 20.8. The molecule has 0 aromatic carbocycles. The van der Waals surface area contributed by atoms with Gasteiger partial charge in [-0.05, 0) is 25.5 Å². The molecule has 4 heteroatoms. The lowest BCUT2D eigenvalue weighted by molar-refractivity contribution is -0.128. The predicted molar refractivity (Wildman–Crippen MR) is 66.4 cm³/mol. The van der Waals surface area contributed by atoms with Crippen LogP contribution < -0.4 is 5.32 Å². The van der Waals surface area contributed by atoms with Gasteiger partial charge in [0, 0.05) is 16.3 Å². The molecule has 2 rings (SSSR count). The molecule has 1 atom stereocenters. The van der Waals surface area contributed by atoms with Crippen molar-refractivity contribution >= 4 is 17.2 Å². The van der Waals surface area contributed by atoms with Crippen molar-refractivity contribution in [1.82, 2.24) is 10.2 Å². The number of aryl methyl sites for hydroxylation is 1. The van der Waals surface area contributed by atoms with Gasteiger partial charge in [-0.3, -0.25) is 10.1 Å². The SMILES string of the molecule is CCCCN1C(=O)CNC1c1ccc(C)s1.